The number of carbonyl (C=O) groups is 1. The second-order valence-corrected chi connectivity index (χ2v) is 7.59. The molecule has 8 heteroatoms. The molecule has 1 heterocycles. The molecule has 30 heavy (non-hydrogen) atoms. The van der Waals surface area contributed by atoms with E-state index in [2.05, 4.69) is 15.1 Å². The van der Waals surface area contributed by atoms with Crippen LogP contribution in [-0.2, 0) is 12.7 Å². The minimum absolute atomic E-state index is 0.0620. The van der Waals surface area contributed by atoms with Gasteiger partial charge in [0.25, 0.3) is 5.91 Å². The van der Waals surface area contributed by atoms with Gasteiger partial charge in [0.2, 0.25) is 0 Å². The highest BCUT2D eigenvalue weighted by atomic mass is 19.4. The number of hydrogen-bond acceptors (Lipinski definition) is 4. The van der Waals surface area contributed by atoms with Crippen LogP contribution in [0.25, 0.3) is 0 Å². The van der Waals surface area contributed by atoms with Gasteiger partial charge in [0.1, 0.15) is 0 Å². The van der Waals surface area contributed by atoms with Crippen molar-refractivity contribution < 1.29 is 18.0 Å². The van der Waals surface area contributed by atoms with Crippen LogP contribution in [0.5, 0.6) is 0 Å². The molecule has 5 nitrogen and oxygen atoms in total. The third kappa shape index (κ3) is 5.38. The molecule has 1 aliphatic rings. The number of anilines is 1. The molecule has 0 radical (unpaired) electrons. The molecule has 2 aromatic rings. The van der Waals surface area contributed by atoms with E-state index in [1.54, 1.807) is 19.1 Å². The van der Waals surface area contributed by atoms with Gasteiger partial charge >= 0.3 is 6.18 Å². The van der Waals surface area contributed by atoms with Gasteiger partial charge in [0.15, 0.2) is 0 Å². The molecule has 0 aromatic heterocycles. The Balaban J connectivity index is 1.85. The van der Waals surface area contributed by atoms with Gasteiger partial charge in [-0.25, -0.2) is 0 Å². The Morgan fingerprint density at radius 2 is 1.83 bits per heavy atom. The molecule has 1 N–H and O–H groups in total. The number of aryl methyl sites for hydroxylation is 1. The van der Waals surface area contributed by atoms with Crippen LogP contribution in [0.15, 0.2) is 36.4 Å². The van der Waals surface area contributed by atoms with Crippen molar-refractivity contribution in [2.75, 3.05) is 38.5 Å². The lowest BCUT2D eigenvalue weighted by Crippen LogP contribution is -2.43. The van der Waals surface area contributed by atoms with Crippen molar-refractivity contribution in [1.82, 2.24) is 9.80 Å². The van der Waals surface area contributed by atoms with Crippen molar-refractivity contribution in [3.8, 4) is 6.07 Å². The SMILES string of the molecule is Cc1ccc(NC(=O)c2cc(CN3CCN(C)CC3)cc(C(F)(F)F)c2)cc1C#N. The second-order valence-electron chi connectivity index (χ2n) is 7.59. The number of nitrogens with zero attached hydrogens (tertiary/aromatic N) is 3. The molecule has 0 unspecified atom stereocenters. The molecule has 0 spiro atoms. The van der Waals surface area contributed by atoms with E-state index < -0.39 is 17.6 Å². The molecule has 2 aromatic carbocycles. The van der Waals surface area contributed by atoms with Crippen molar-refractivity contribution in [1.29, 1.82) is 5.26 Å². The Labute approximate surface area is 173 Å². The van der Waals surface area contributed by atoms with Crippen LogP contribution in [0.4, 0.5) is 18.9 Å². The number of hydrogen-bond donors (Lipinski definition) is 1. The summed E-state index contributed by atoms with van der Waals surface area (Å²) < 4.78 is 40.3. The predicted octanol–water partition coefficient (Wildman–Crippen LogP) is 3.89. The van der Waals surface area contributed by atoms with Gasteiger partial charge in [0.05, 0.1) is 17.2 Å². The number of benzene rings is 2. The zero-order valence-corrected chi connectivity index (χ0v) is 16.9. The summed E-state index contributed by atoms with van der Waals surface area (Å²) in [4.78, 5) is 16.9. The molecule has 1 saturated heterocycles. The second kappa shape index (κ2) is 8.86. The van der Waals surface area contributed by atoms with Gasteiger partial charge in [-0.05, 0) is 55.4 Å². The highest BCUT2D eigenvalue weighted by molar-refractivity contribution is 6.04. The minimum atomic E-state index is -4.55. The Kier molecular flexibility index (Phi) is 6.44. The Hall–Kier alpha value is -2.89. The first-order valence-corrected chi connectivity index (χ1v) is 9.60. The lowest BCUT2D eigenvalue weighted by Gasteiger charge is -2.32. The standard InChI is InChI=1S/C22H23F3N4O/c1-15-3-4-20(12-18(15)13-26)27-21(30)17-9-16(10-19(11-17)22(23,24)25)14-29-7-5-28(2)6-8-29/h3-4,9-12H,5-8,14H2,1-2H3,(H,27,30). The van der Waals surface area contributed by atoms with Crippen molar-refractivity contribution >= 4 is 11.6 Å². The van der Waals surface area contributed by atoms with E-state index in [0.29, 0.717) is 23.4 Å². The molecule has 0 atom stereocenters. The van der Waals surface area contributed by atoms with Crippen LogP contribution in [0.1, 0.15) is 32.6 Å². The Morgan fingerprint density at radius 1 is 1.13 bits per heavy atom. The summed E-state index contributed by atoms with van der Waals surface area (Å²) in [5.41, 5.74) is 1.05. The van der Waals surface area contributed by atoms with Crippen molar-refractivity contribution in [3.63, 3.8) is 0 Å². The van der Waals surface area contributed by atoms with Crippen LogP contribution in [-0.4, -0.2) is 48.9 Å². The normalized spacial score (nSPS) is 15.6. The highest BCUT2D eigenvalue weighted by Crippen LogP contribution is 2.31. The van der Waals surface area contributed by atoms with E-state index in [-0.39, 0.29) is 5.56 Å². The maximum absolute atomic E-state index is 13.4. The number of rotatable bonds is 4. The summed E-state index contributed by atoms with van der Waals surface area (Å²) in [7, 11) is 2.01. The lowest BCUT2D eigenvalue weighted by molar-refractivity contribution is -0.137. The summed E-state index contributed by atoms with van der Waals surface area (Å²) in [6.45, 7) is 5.33. The number of alkyl halides is 3. The summed E-state index contributed by atoms with van der Waals surface area (Å²) >= 11 is 0. The Bertz CT molecular complexity index is 973. The van der Waals surface area contributed by atoms with Crippen LogP contribution in [0.2, 0.25) is 0 Å². The molecule has 3 rings (SSSR count). The van der Waals surface area contributed by atoms with Gasteiger partial charge in [-0.15, -0.1) is 0 Å². The number of likely N-dealkylation sites (N-methyl/N-ethyl adjacent to an activating group) is 1. The first-order chi connectivity index (χ1) is 14.2. The quantitative estimate of drug-likeness (QED) is 0.822. The fraction of sp³-hybridized carbons (Fsp3) is 0.364. The average molecular weight is 416 g/mol. The number of piperazine rings is 1. The van der Waals surface area contributed by atoms with Crippen LogP contribution >= 0.6 is 0 Å². The van der Waals surface area contributed by atoms with Crippen LogP contribution in [0.3, 0.4) is 0 Å². The molecule has 1 fully saturated rings. The van der Waals surface area contributed by atoms with Gasteiger partial charge in [-0.3, -0.25) is 9.69 Å². The largest absolute Gasteiger partial charge is 0.416 e. The lowest BCUT2D eigenvalue weighted by atomic mass is 10.0. The topological polar surface area (TPSA) is 59.4 Å². The minimum Gasteiger partial charge on any atom is -0.322 e. The van der Waals surface area contributed by atoms with Gasteiger partial charge in [0, 0.05) is 44.0 Å². The number of carbonyl (C=O) groups excluding carboxylic acids is 1. The van der Waals surface area contributed by atoms with E-state index in [1.165, 1.54) is 12.1 Å². The summed E-state index contributed by atoms with van der Waals surface area (Å²) in [6.07, 6.45) is -4.55. The van der Waals surface area contributed by atoms with E-state index in [4.69, 9.17) is 5.26 Å². The number of nitrogens with one attached hydrogen (secondary N) is 1. The van der Waals surface area contributed by atoms with Crippen LogP contribution < -0.4 is 5.32 Å². The van der Waals surface area contributed by atoms with E-state index in [9.17, 15) is 18.0 Å². The smallest absolute Gasteiger partial charge is 0.322 e. The molecule has 0 bridgehead atoms. The monoisotopic (exact) mass is 416 g/mol. The number of halogens is 3. The summed E-state index contributed by atoms with van der Waals surface area (Å²) in [5, 5.41) is 11.7. The van der Waals surface area contributed by atoms with Gasteiger partial charge in [-0.2, -0.15) is 18.4 Å². The molecule has 1 amide bonds. The summed E-state index contributed by atoms with van der Waals surface area (Å²) in [6, 6.07) is 10.3. The number of nitriles is 1. The van der Waals surface area contributed by atoms with Crippen LogP contribution in [0, 0.1) is 18.3 Å². The number of amides is 1. The maximum atomic E-state index is 13.4. The first kappa shape index (κ1) is 21.8. The van der Waals surface area contributed by atoms with Gasteiger partial charge < -0.3 is 10.2 Å². The van der Waals surface area contributed by atoms with E-state index in [0.717, 1.165) is 43.9 Å². The van der Waals surface area contributed by atoms with Gasteiger partial charge in [-0.1, -0.05) is 6.07 Å². The fourth-order valence-electron chi connectivity index (χ4n) is 3.37. The van der Waals surface area contributed by atoms with Crippen molar-refractivity contribution in [2.24, 2.45) is 0 Å². The fourth-order valence-corrected chi connectivity index (χ4v) is 3.37. The third-order valence-corrected chi connectivity index (χ3v) is 5.20. The molecule has 1 aliphatic heterocycles. The maximum Gasteiger partial charge on any atom is 0.416 e. The summed E-state index contributed by atoms with van der Waals surface area (Å²) in [5.74, 6) is -0.645. The van der Waals surface area contributed by atoms with Crippen molar-refractivity contribution in [2.45, 2.75) is 19.6 Å². The highest BCUT2D eigenvalue weighted by Gasteiger charge is 2.32. The molecular weight excluding hydrogens is 393 g/mol. The zero-order valence-electron chi connectivity index (χ0n) is 16.9. The molecule has 0 saturated carbocycles. The molecule has 0 aliphatic carbocycles. The third-order valence-electron chi connectivity index (χ3n) is 5.20. The average Bonchev–Trinajstić information content (AvgIpc) is 2.70. The van der Waals surface area contributed by atoms with E-state index in [1.807, 2.05) is 13.1 Å². The zero-order chi connectivity index (χ0) is 21.9. The van der Waals surface area contributed by atoms with Crippen molar-refractivity contribution in [3.05, 3.63) is 64.2 Å². The molecular formula is C22H23F3N4O. The molecule has 158 valence electrons. The predicted molar refractivity (Wildman–Crippen MR) is 108 cm³/mol. The van der Waals surface area contributed by atoms with E-state index >= 15 is 0 Å². The first-order valence-electron chi connectivity index (χ1n) is 9.60. The Morgan fingerprint density at radius 3 is 2.47 bits per heavy atom.